The Bertz CT molecular complexity index is 1310. The van der Waals surface area contributed by atoms with Crippen LogP contribution in [0.25, 0.3) is 16.6 Å². The third kappa shape index (κ3) is 4.72. The van der Waals surface area contributed by atoms with Gasteiger partial charge in [-0.25, -0.2) is 4.98 Å². The molecule has 4 aromatic rings. The Morgan fingerprint density at radius 2 is 1.61 bits per heavy atom. The predicted octanol–water partition coefficient (Wildman–Crippen LogP) is 5.10. The summed E-state index contributed by atoms with van der Waals surface area (Å²) in [5.41, 5.74) is 3.59. The first-order valence-electron chi connectivity index (χ1n) is 11.4. The van der Waals surface area contributed by atoms with Gasteiger partial charge in [-0.05, 0) is 55.2 Å². The van der Waals surface area contributed by atoms with Crippen molar-refractivity contribution >= 4 is 16.8 Å². The molecule has 5 heteroatoms. The van der Waals surface area contributed by atoms with E-state index < -0.39 is 0 Å². The molecule has 0 fully saturated rings. The molecule has 0 saturated carbocycles. The number of hydrogen-bond acceptors (Lipinski definition) is 3. The molecule has 0 saturated heterocycles. The number of carbonyl (C=O) groups is 1. The Hall–Kier alpha value is -3.73. The summed E-state index contributed by atoms with van der Waals surface area (Å²) in [5.74, 6) is 0.570. The van der Waals surface area contributed by atoms with Gasteiger partial charge in [-0.2, -0.15) is 0 Å². The van der Waals surface area contributed by atoms with Gasteiger partial charge in [0.25, 0.3) is 5.56 Å². The highest BCUT2D eigenvalue weighted by Gasteiger charge is 2.24. The van der Waals surface area contributed by atoms with Gasteiger partial charge >= 0.3 is 0 Å². The molecule has 168 valence electrons. The van der Waals surface area contributed by atoms with Crippen LogP contribution in [-0.2, 0) is 17.6 Å². The summed E-state index contributed by atoms with van der Waals surface area (Å²) in [7, 11) is 1.78. The van der Waals surface area contributed by atoms with Crippen molar-refractivity contribution in [2.45, 2.75) is 39.2 Å². The molecule has 0 bridgehead atoms. The van der Waals surface area contributed by atoms with E-state index in [1.807, 2.05) is 79.7 Å². The van der Waals surface area contributed by atoms with Crippen LogP contribution in [0, 0.1) is 0 Å². The van der Waals surface area contributed by atoms with Gasteiger partial charge in [-0.15, -0.1) is 0 Å². The fourth-order valence-corrected chi connectivity index (χ4v) is 4.02. The first-order chi connectivity index (χ1) is 16.0. The van der Waals surface area contributed by atoms with Crippen LogP contribution in [0.2, 0.25) is 0 Å². The maximum absolute atomic E-state index is 13.5. The van der Waals surface area contributed by atoms with Gasteiger partial charge < -0.3 is 4.90 Å². The molecule has 1 aromatic heterocycles. The van der Waals surface area contributed by atoms with Gasteiger partial charge in [0.05, 0.1) is 22.6 Å². The van der Waals surface area contributed by atoms with Gasteiger partial charge in [-0.1, -0.05) is 61.5 Å². The molecule has 0 aliphatic heterocycles. The van der Waals surface area contributed by atoms with Gasteiger partial charge in [-0.3, -0.25) is 14.2 Å². The zero-order chi connectivity index (χ0) is 23.4. The fourth-order valence-electron chi connectivity index (χ4n) is 4.02. The Balaban J connectivity index is 1.71. The van der Waals surface area contributed by atoms with Crippen molar-refractivity contribution in [1.29, 1.82) is 0 Å². The average molecular weight is 440 g/mol. The van der Waals surface area contributed by atoms with Crippen LogP contribution in [0.4, 0.5) is 0 Å². The van der Waals surface area contributed by atoms with Crippen LogP contribution < -0.4 is 5.56 Å². The molecule has 4 rings (SSSR count). The lowest BCUT2D eigenvalue weighted by Crippen LogP contribution is -2.35. The molecule has 0 aliphatic rings. The van der Waals surface area contributed by atoms with Crippen LogP contribution in [-0.4, -0.2) is 27.4 Å². The van der Waals surface area contributed by atoms with Crippen molar-refractivity contribution in [3.63, 3.8) is 0 Å². The molecule has 3 aromatic carbocycles. The van der Waals surface area contributed by atoms with E-state index in [2.05, 4.69) is 6.92 Å². The van der Waals surface area contributed by atoms with Crippen LogP contribution in [0.15, 0.2) is 83.7 Å². The predicted molar refractivity (Wildman–Crippen MR) is 133 cm³/mol. The van der Waals surface area contributed by atoms with Crippen LogP contribution in [0.5, 0.6) is 0 Å². The van der Waals surface area contributed by atoms with E-state index in [1.54, 1.807) is 22.6 Å². The number of hydrogen-bond donors (Lipinski definition) is 0. The first-order valence-corrected chi connectivity index (χ1v) is 11.4. The van der Waals surface area contributed by atoms with Crippen molar-refractivity contribution in [3.8, 4) is 5.69 Å². The lowest BCUT2D eigenvalue weighted by molar-refractivity contribution is -0.131. The average Bonchev–Trinajstić information content (AvgIpc) is 2.87. The molecule has 1 amide bonds. The third-order valence-corrected chi connectivity index (χ3v) is 6.22. The van der Waals surface area contributed by atoms with Gasteiger partial charge in [0, 0.05) is 13.5 Å². The second-order valence-electron chi connectivity index (χ2n) is 8.31. The molecular formula is C28H29N3O2. The highest BCUT2D eigenvalue weighted by molar-refractivity contribution is 5.79. The number of para-hydroxylation sites is 1. The molecule has 0 N–H and O–H groups in total. The Kier molecular flexibility index (Phi) is 6.68. The van der Waals surface area contributed by atoms with Crippen LogP contribution in [0.3, 0.4) is 0 Å². The number of benzene rings is 3. The minimum absolute atomic E-state index is 0.0154. The molecule has 0 spiro atoms. The zero-order valence-electron chi connectivity index (χ0n) is 19.4. The number of amides is 1. The lowest BCUT2D eigenvalue weighted by atomic mass is 10.1. The molecule has 0 aliphatic carbocycles. The van der Waals surface area contributed by atoms with Gasteiger partial charge in [0.2, 0.25) is 5.91 Å². The number of fused-ring (bicyclic) bond motifs is 1. The summed E-state index contributed by atoms with van der Waals surface area (Å²) >= 11 is 0. The molecule has 5 nitrogen and oxygen atoms in total. The zero-order valence-corrected chi connectivity index (χ0v) is 19.4. The third-order valence-electron chi connectivity index (χ3n) is 6.22. The summed E-state index contributed by atoms with van der Waals surface area (Å²) < 4.78 is 1.65. The van der Waals surface area contributed by atoms with Crippen molar-refractivity contribution in [2.24, 2.45) is 0 Å². The van der Waals surface area contributed by atoms with E-state index in [0.29, 0.717) is 29.6 Å². The van der Waals surface area contributed by atoms with Crippen LogP contribution >= 0.6 is 0 Å². The van der Waals surface area contributed by atoms with E-state index in [1.165, 1.54) is 5.56 Å². The van der Waals surface area contributed by atoms with Crippen LogP contribution in [0.1, 0.15) is 43.3 Å². The minimum Gasteiger partial charge on any atom is -0.336 e. The molecule has 33 heavy (non-hydrogen) atoms. The molecule has 1 heterocycles. The Morgan fingerprint density at radius 3 is 2.30 bits per heavy atom. The van der Waals surface area contributed by atoms with E-state index in [-0.39, 0.29) is 17.5 Å². The first kappa shape index (κ1) is 22.5. The highest BCUT2D eigenvalue weighted by Crippen LogP contribution is 2.23. The van der Waals surface area contributed by atoms with Crippen molar-refractivity contribution in [1.82, 2.24) is 14.5 Å². The summed E-state index contributed by atoms with van der Waals surface area (Å²) in [6.07, 6.45) is 1.99. The van der Waals surface area contributed by atoms with E-state index in [0.717, 1.165) is 17.7 Å². The second-order valence-corrected chi connectivity index (χ2v) is 8.31. The number of rotatable bonds is 7. The number of nitrogens with zero attached hydrogens (tertiary/aromatic N) is 3. The maximum atomic E-state index is 13.5. The van der Waals surface area contributed by atoms with Gasteiger partial charge in [0.1, 0.15) is 5.82 Å². The van der Waals surface area contributed by atoms with Gasteiger partial charge in [0.15, 0.2) is 0 Å². The normalized spacial score (nSPS) is 12.0. The van der Waals surface area contributed by atoms with E-state index >= 15 is 0 Å². The number of aryl methyl sites for hydroxylation is 2. The van der Waals surface area contributed by atoms with E-state index in [4.69, 9.17) is 4.98 Å². The topological polar surface area (TPSA) is 55.2 Å². The van der Waals surface area contributed by atoms with Crippen molar-refractivity contribution < 1.29 is 4.79 Å². The molecule has 1 atom stereocenters. The van der Waals surface area contributed by atoms with Crippen molar-refractivity contribution in [2.75, 3.05) is 7.05 Å². The number of aromatic nitrogens is 2. The summed E-state index contributed by atoms with van der Waals surface area (Å²) in [5, 5.41) is 0.561. The molecule has 0 radical (unpaired) electrons. The Morgan fingerprint density at radius 1 is 0.939 bits per heavy atom. The molecular weight excluding hydrogens is 410 g/mol. The SMILES string of the molecule is CCc1ccc(-n2c(C(C)N(C)C(=O)CCc3ccccc3)nc3ccccc3c2=O)cc1. The monoisotopic (exact) mass is 439 g/mol. The summed E-state index contributed by atoms with van der Waals surface area (Å²) in [6.45, 7) is 4.02. The fraction of sp³-hybridized carbons (Fsp3) is 0.250. The molecule has 1 unspecified atom stereocenters. The quantitative estimate of drug-likeness (QED) is 0.403. The second kappa shape index (κ2) is 9.82. The summed E-state index contributed by atoms with van der Waals surface area (Å²) in [4.78, 5) is 33.1. The summed E-state index contributed by atoms with van der Waals surface area (Å²) in [6, 6.07) is 24.9. The van der Waals surface area contributed by atoms with E-state index in [9.17, 15) is 9.59 Å². The largest absolute Gasteiger partial charge is 0.336 e. The highest BCUT2D eigenvalue weighted by atomic mass is 16.2. The maximum Gasteiger partial charge on any atom is 0.266 e. The lowest BCUT2D eigenvalue weighted by Gasteiger charge is -2.27. The smallest absolute Gasteiger partial charge is 0.266 e. The Labute approximate surface area is 194 Å². The standard InChI is InChI=1S/C28H29N3O2/c1-4-21-14-17-23(18-15-21)31-27(29-25-13-9-8-12-24(25)28(31)33)20(2)30(3)26(32)19-16-22-10-6-5-7-11-22/h5-15,17-18,20H,4,16,19H2,1-3H3. The number of carbonyl (C=O) groups excluding carboxylic acids is 1. The minimum atomic E-state index is -0.378. The van der Waals surface area contributed by atoms with Crippen molar-refractivity contribution in [3.05, 3.63) is 106 Å².